The van der Waals surface area contributed by atoms with E-state index < -0.39 is 17.6 Å². The van der Waals surface area contributed by atoms with Crippen LogP contribution < -0.4 is 19.7 Å². The number of nitrogens with zero attached hydrogens (tertiary/aromatic N) is 1. The fourth-order valence-electron chi connectivity index (χ4n) is 2.68. The molecule has 4 rings (SSSR count). The summed E-state index contributed by atoms with van der Waals surface area (Å²) in [5.74, 6) is -0.594. The zero-order chi connectivity index (χ0) is 19.1. The third-order valence-corrected chi connectivity index (χ3v) is 4.95. The van der Waals surface area contributed by atoms with Crippen LogP contribution in [-0.2, 0) is 9.59 Å². The second-order valence-electron chi connectivity index (χ2n) is 5.66. The summed E-state index contributed by atoms with van der Waals surface area (Å²) in [4.78, 5) is 26.4. The summed E-state index contributed by atoms with van der Waals surface area (Å²) in [6.07, 6.45) is 1.43. The zero-order valence-corrected chi connectivity index (χ0v) is 15.9. The molecule has 9 heteroatoms. The van der Waals surface area contributed by atoms with Crippen LogP contribution in [0.25, 0.3) is 6.08 Å². The Morgan fingerprint density at radius 2 is 1.81 bits per heavy atom. The molecule has 1 saturated heterocycles. The fourth-order valence-corrected chi connectivity index (χ4v) is 3.40. The predicted molar refractivity (Wildman–Crippen MR) is 103 cm³/mol. The first kappa shape index (κ1) is 17.6. The van der Waals surface area contributed by atoms with E-state index in [0.29, 0.717) is 27.2 Å². The average molecular weight is 449 g/mol. The molecule has 2 amide bonds. The Balaban J connectivity index is 1.75. The number of carbonyl (C=O) groups is 2. The molecule has 2 aromatic rings. The van der Waals surface area contributed by atoms with Crippen LogP contribution in [0, 0.1) is 5.82 Å². The maximum atomic E-state index is 13.2. The molecule has 0 bridgehead atoms. The number of halogens is 2. The maximum Gasteiger partial charge on any atom is 0.270 e. The van der Waals surface area contributed by atoms with E-state index >= 15 is 0 Å². The van der Waals surface area contributed by atoms with Crippen molar-refractivity contribution in [1.29, 1.82) is 0 Å². The summed E-state index contributed by atoms with van der Waals surface area (Å²) in [6, 6.07) is 8.59. The predicted octanol–water partition coefficient (Wildman–Crippen LogP) is 3.15. The van der Waals surface area contributed by atoms with Gasteiger partial charge in [0, 0.05) is 4.47 Å². The molecule has 0 atom stereocenters. The van der Waals surface area contributed by atoms with E-state index in [1.165, 1.54) is 30.3 Å². The van der Waals surface area contributed by atoms with Crippen molar-refractivity contribution in [2.24, 2.45) is 0 Å². The lowest BCUT2D eigenvalue weighted by atomic mass is 10.1. The summed E-state index contributed by atoms with van der Waals surface area (Å²) in [6.45, 7) is 0.105. The highest BCUT2D eigenvalue weighted by Crippen LogP contribution is 2.38. The topological polar surface area (TPSA) is 67.9 Å². The summed E-state index contributed by atoms with van der Waals surface area (Å²) in [5.41, 5.74) is 0.791. The van der Waals surface area contributed by atoms with Crippen LogP contribution in [0.2, 0.25) is 0 Å². The molecule has 1 N–H and O–H groups in total. The number of rotatable bonds is 2. The highest BCUT2D eigenvalue weighted by molar-refractivity contribution is 9.10. The second kappa shape index (κ2) is 6.75. The molecule has 0 aliphatic carbocycles. The molecule has 6 nitrogen and oxygen atoms in total. The SMILES string of the molecule is O=C1NC(=S)N(c2ccc(F)cc2)C(=O)C1=Cc1cc2c(cc1Br)OCO2. The molecule has 0 aromatic heterocycles. The monoisotopic (exact) mass is 448 g/mol. The first-order valence-corrected chi connectivity index (χ1v) is 8.90. The van der Waals surface area contributed by atoms with Crippen molar-refractivity contribution in [2.45, 2.75) is 0 Å². The van der Waals surface area contributed by atoms with Crippen LogP contribution in [0.1, 0.15) is 5.56 Å². The minimum atomic E-state index is -0.618. The van der Waals surface area contributed by atoms with Crippen molar-refractivity contribution in [1.82, 2.24) is 5.32 Å². The van der Waals surface area contributed by atoms with Gasteiger partial charge in [0.05, 0.1) is 5.69 Å². The van der Waals surface area contributed by atoms with Gasteiger partial charge in [-0.25, -0.2) is 4.39 Å². The van der Waals surface area contributed by atoms with Crippen molar-refractivity contribution < 1.29 is 23.5 Å². The maximum absolute atomic E-state index is 13.2. The number of nitrogens with one attached hydrogen (secondary N) is 1. The van der Waals surface area contributed by atoms with Gasteiger partial charge < -0.3 is 9.47 Å². The molecule has 2 aromatic carbocycles. The van der Waals surface area contributed by atoms with Crippen LogP contribution in [0.4, 0.5) is 10.1 Å². The number of thiocarbonyl (C=S) groups is 1. The number of benzene rings is 2. The summed E-state index contributed by atoms with van der Waals surface area (Å²) in [7, 11) is 0. The van der Waals surface area contributed by atoms with E-state index in [4.69, 9.17) is 21.7 Å². The van der Waals surface area contributed by atoms with E-state index in [1.807, 2.05) is 0 Å². The minimum Gasteiger partial charge on any atom is -0.454 e. The Bertz CT molecular complexity index is 1020. The van der Waals surface area contributed by atoms with Crippen molar-refractivity contribution >= 4 is 56.8 Å². The number of hydrogen-bond acceptors (Lipinski definition) is 5. The van der Waals surface area contributed by atoms with Gasteiger partial charge in [0.15, 0.2) is 16.6 Å². The Labute approximate surface area is 166 Å². The first-order valence-electron chi connectivity index (χ1n) is 7.70. The highest BCUT2D eigenvalue weighted by Gasteiger charge is 2.34. The molecule has 0 saturated carbocycles. The third kappa shape index (κ3) is 3.19. The summed E-state index contributed by atoms with van der Waals surface area (Å²) < 4.78 is 24.4. The molecule has 0 radical (unpaired) electrons. The normalized spacial score (nSPS) is 17.5. The van der Waals surface area contributed by atoms with Crippen LogP contribution in [-0.4, -0.2) is 23.7 Å². The Hall–Kier alpha value is -2.78. The van der Waals surface area contributed by atoms with Gasteiger partial charge in [0.2, 0.25) is 6.79 Å². The number of carbonyl (C=O) groups excluding carboxylic acids is 2. The first-order chi connectivity index (χ1) is 12.9. The quantitative estimate of drug-likeness (QED) is 0.434. The number of ether oxygens (including phenoxy) is 2. The van der Waals surface area contributed by atoms with Crippen LogP contribution >= 0.6 is 28.1 Å². The van der Waals surface area contributed by atoms with E-state index in [1.54, 1.807) is 12.1 Å². The van der Waals surface area contributed by atoms with E-state index in [2.05, 4.69) is 21.2 Å². The van der Waals surface area contributed by atoms with Gasteiger partial charge in [-0.3, -0.25) is 19.8 Å². The lowest BCUT2D eigenvalue weighted by Gasteiger charge is -2.29. The smallest absolute Gasteiger partial charge is 0.270 e. The molecular formula is C18H10BrFN2O4S. The molecule has 2 heterocycles. The third-order valence-electron chi connectivity index (χ3n) is 3.98. The number of fused-ring (bicyclic) bond motifs is 1. The minimum absolute atomic E-state index is 0.0708. The van der Waals surface area contributed by atoms with Gasteiger partial charge >= 0.3 is 0 Å². The fraction of sp³-hybridized carbons (Fsp3) is 0.0556. The van der Waals surface area contributed by atoms with Crippen molar-refractivity contribution in [3.63, 3.8) is 0 Å². The van der Waals surface area contributed by atoms with Gasteiger partial charge in [0.1, 0.15) is 11.4 Å². The lowest BCUT2D eigenvalue weighted by molar-refractivity contribution is -0.122. The van der Waals surface area contributed by atoms with Gasteiger partial charge in [-0.1, -0.05) is 15.9 Å². The van der Waals surface area contributed by atoms with Crippen molar-refractivity contribution in [3.05, 3.63) is 57.8 Å². The van der Waals surface area contributed by atoms with Crippen molar-refractivity contribution in [2.75, 3.05) is 11.7 Å². The molecular weight excluding hydrogens is 439 g/mol. The van der Waals surface area contributed by atoms with Gasteiger partial charge in [0.25, 0.3) is 11.8 Å². The molecule has 1 fully saturated rings. The molecule has 0 spiro atoms. The highest BCUT2D eigenvalue weighted by atomic mass is 79.9. The molecule has 2 aliphatic heterocycles. The second-order valence-corrected chi connectivity index (χ2v) is 6.90. The lowest BCUT2D eigenvalue weighted by Crippen LogP contribution is -2.54. The van der Waals surface area contributed by atoms with Gasteiger partial charge in [-0.05, 0) is 60.3 Å². The molecule has 0 unspecified atom stereocenters. The van der Waals surface area contributed by atoms with E-state index in [-0.39, 0.29) is 17.5 Å². The Morgan fingerprint density at radius 3 is 2.52 bits per heavy atom. The van der Waals surface area contributed by atoms with Gasteiger partial charge in [-0.2, -0.15) is 0 Å². The largest absolute Gasteiger partial charge is 0.454 e. The standard InChI is InChI=1S/C18H10BrFN2O4S/c19-13-7-15-14(25-8-26-15)6-9(13)5-12-16(23)21-18(27)22(17(12)24)11-3-1-10(20)2-4-11/h1-7H,8H2,(H,21,23,27). The van der Waals surface area contributed by atoms with E-state index in [0.717, 1.165) is 4.90 Å². The van der Waals surface area contributed by atoms with Gasteiger partial charge in [-0.15, -0.1) is 0 Å². The average Bonchev–Trinajstić information content (AvgIpc) is 3.07. The number of hydrogen-bond donors (Lipinski definition) is 1. The Morgan fingerprint density at radius 1 is 1.15 bits per heavy atom. The number of amides is 2. The van der Waals surface area contributed by atoms with Crippen LogP contribution in [0.15, 0.2) is 46.4 Å². The summed E-state index contributed by atoms with van der Waals surface area (Å²) in [5, 5.41) is 2.41. The number of anilines is 1. The Kier molecular flexibility index (Phi) is 4.40. The zero-order valence-electron chi connectivity index (χ0n) is 13.5. The van der Waals surface area contributed by atoms with Crippen LogP contribution in [0.3, 0.4) is 0 Å². The van der Waals surface area contributed by atoms with Crippen LogP contribution in [0.5, 0.6) is 11.5 Å². The van der Waals surface area contributed by atoms with E-state index in [9.17, 15) is 14.0 Å². The molecule has 27 heavy (non-hydrogen) atoms. The molecule has 2 aliphatic rings. The molecule has 136 valence electrons. The summed E-state index contributed by atoms with van der Waals surface area (Å²) >= 11 is 8.50. The van der Waals surface area contributed by atoms with Crippen molar-refractivity contribution in [3.8, 4) is 11.5 Å².